The van der Waals surface area contributed by atoms with Gasteiger partial charge in [0, 0.05) is 6.04 Å². The van der Waals surface area contributed by atoms with Gasteiger partial charge in [0.25, 0.3) is 0 Å². The smallest absolute Gasteiger partial charge is 0.0723 e. The molecule has 3 heteroatoms. The summed E-state index contributed by atoms with van der Waals surface area (Å²) in [7, 11) is 0. The van der Waals surface area contributed by atoms with E-state index in [9.17, 15) is 0 Å². The van der Waals surface area contributed by atoms with Gasteiger partial charge in [-0.15, -0.1) is 0 Å². The zero-order valence-corrected chi connectivity index (χ0v) is 12.8. The summed E-state index contributed by atoms with van der Waals surface area (Å²) in [4.78, 5) is 0. The molecule has 1 nitrogen and oxygen atoms in total. The highest BCUT2D eigenvalue weighted by Crippen LogP contribution is 2.33. The molecule has 0 radical (unpaired) electrons. The van der Waals surface area contributed by atoms with Gasteiger partial charge in [0.05, 0.1) is 15.7 Å². The minimum atomic E-state index is 0.151. The Morgan fingerprint density at radius 2 is 1.63 bits per heavy atom. The van der Waals surface area contributed by atoms with Crippen LogP contribution in [0.15, 0.2) is 36.4 Å². The summed E-state index contributed by atoms with van der Waals surface area (Å²) < 4.78 is 0. The molecule has 2 aromatic carbocycles. The van der Waals surface area contributed by atoms with Gasteiger partial charge < -0.3 is 5.32 Å². The van der Waals surface area contributed by atoms with E-state index in [1.807, 2.05) is 18.2 Å². The average molecular weight is 294 g/mol. The summed E-state index contributed by atoms with van der Waals surface area (Å²) in [5, 5.41) is 4.68. The van der Waals surface area contributed by atoms with Crippen LogP contribution >= 0.6 is 23.2 Å². The van der Waals surface area contributed by atoms with Gasteiger partial charge in [-0.3, -0.25) is 0 Å². The first-order valence-corrected chi connectivity index (χ1v) is 7.02. The summed E-state index contributed by atoms with van der Waals surface area (Å²) in [6.07, 6.45) is 0. The van der Waals surface area contributed by atoms with Crippen LogP contribution in [0.2, 0.25) is 10.0 Å². The lowest BCUT2D eigenvalue weighted by Crippen LogP contribution is -2.09. The van der Waals surface area contributed by atoms with E-state index in [0.717, 1.165) is 5.69 Å². The maximum atomic E-state index is 6.18. The van der Waals surface area contributed by atoms with Crippen LogP contribution in [-0.2, 0) is 0 Å². The minimum Gasteiger partial charge on any atom is -0.376 e. The van der Waals surface area contributed by atoms with Crippen LogP contribution in [0, 0.1) is 13.8 Å². The second-order valence-electron chi connectivity index (χ2n) is 4.82. The largest absolute Gasteiger partial charge is 0.376 e. The van der Waals surface area contributed by atoms with Crippen LogP contribution in [0.4, 0.5) is 5.69 Å². The van der Waals surface area contributed by atoms with Crippen molar-refractivity contribution in [1.29, 1.82) is 0 Å². The number of hydrogen-bond acceptors (Lipinski definition) is 1. The molecule has 0 aromatic heterocycles. The lowest BCUT2D eigenvalue weighted by Gasteiger charge is -2.20. The van der Waals surface area contributed by atoms with E-state index >= 15 is 0 Å². The Bertz CT molecular complexity index is 573. The Hall–Kier alpha value is -1.18. The SMILES string of the molecule is Cc1ccc(C(C)Nc2c(Cl)cccc2Cl)c(C)c1. The standard InChI is InChI=1S/C16H17Cl2N/c1-10-7-8-13(11(2)9-10)12(3)19-16-14(17)5-4-6-15(16)18/h4-9,12,19H,1-3H3. The highest BCUT2D eigenvalue weighted by atomic mass is 35.5. The molecule has 2 aromatic rings. The van der Waals surface area contributed by atoms with Gasteiger partial charge in [0.2, 0.25) is 0 Å². The number of rotatable bonds is 3. The first kappa shape index (κ1) is 14.2. The van der Waals surface area contributed by atoms with Gasteiger partial charge in [0.1, 0.15) is 0 Å². The monoisotopic (exact) mass is 293 g/mol. The Labute approximate surface area is 124 Å². The number of nitrogens with one attached hydrogen (secondary N) is 1. The summed E-state index contributed by atoms with van der Waals surface area (Å²) in [5.41, 5.74) is 4.58. The van der Waals surface area contributed by atoms with Crippen molar-refractivity contribution in [3.63, 3.8) is 0 Å². The van der Waals surface area contributed by atoms with E-state index in [4.69, 9.17) is 23.2 Å². The van der Waals surface area contributed by atoms with Crippen LogP contribution in [0.1, 0.15) is 29.7 Å². The molecule has 1 N–H and O–H groups in total. The number of para-hydroxylation sites is 1. The van der Waals surface area contributed by atoms with Gasteiger partial charge in [-0.25, -0.2) is 0 Å². The molecule has 0 spiro atoms. The molecule has 0 aliphatic rings. The third-order valence-corrected chi connectivity index (χ3v) is 3.85. The lowest BCUT2D eigenvalue weighted by molar-refractivity contribution is 0.873. The topological polar surface area (TPSA) is 12.0 Å². The van der Waals surface area contributed by atoms with Crippen LogP contribution in [0.3, 0.4) is 0 Å². The van der Waals surface area contributed by atoms with Crippen molar-refractivity contribution in [3.05, 3.63) is 63.1 Å². The number of anilines is 1. The summed E-state index contributed by atoms with van der Waals surface area (Å²) in [6.45, 7) is 6.33. The highest BCUT2D eigenvalue weighted by molar-refractivity contribution is 6.39. The van der Waals surface area contributed by atoms with E-state index in [-0.39, 0.29) is 6.04 Å². The molecule has 0 bridgehead atoms. The molecule has 0 heterocycles. The van der Waals surface area contributed by atoms with Crippen molar-refractivity contribution in [2.75, 3.05) is 5.32 Å². The molecule has 0 amide bonds. The molecule has 19 heavy (non-hydrogen) atoms. The van der Waals surface area contributed by atoms with Crippen molar-refractivity contribution < 1.29 is 0 Å². The number of halogens is 2. The quantitative estimate of drug-likeness (QED) is 0.756. The molecule has 100 valence electrons. The zero-order valence-electron chi connectivity index (χ0n) is 11.3. The van der Waals surface area contributed by atoms with E-state index in [0.29, 0.717) is 10.0 Å². The lowest BCUT2D eigenvalue weighted by atomic mass is 10.00. The third-order valence-electron chi connectivity index (χ3n) is 3.22. The molecule has 2 rings (SSSR count). The van der Waals surface area contributed by atoms with Crippen LogP contribution in [0.25, 0.3) is 0 Å². The minimum absolute atomic E-state index is 0.151. The first-order valence-electron chi connectivity index (χ1n) is 6.26. The Balaban J connectivity index is 2.28. The molecule has 0 aliphatic carbocycles. The van der Waals surface area contributed by atoms with E-state index in [1.54, 1.807) is 0 Å². The number of hydrogen-bond donors (Lipinski definition) is 1. The predicted molar refractivity (Wildman–Crippen MR) is 84.4 cm³/mol. The van der Waals surface area contributed by atoms with Crippen molar-refractivity contribution in [3.8, 4) is 0 Å². The van der Waals surface area contributed by atoms with E-state index in [2.05, 4.69) is 44.3 Å². The summed E-state index contributed by atoms with van der Waals surface area (Å²) in [5.74, 6) is 0. The molecule has 0 fully saturated rings. The second kappa shape index (κ2) is 5.85. The van der Waals surface area contributed by atoms with Gasteiger partial charge in [-0.05, 0) is 44.0 Å². The van der Waals surface area contributed by atoms with Crippen molar-refractivity contribution >= 4 is 28.9 Å². The van der Waals surface area contributed by atoms with Gasteiger partial charge in [-0.2, -0.15) is 0 Å². The van der Waals surface area contributed by atoms with Crippen LogP contribution in [0.5, 0.6) is 0 Å². The number of benzene rings is 2. The van der Waals surface area contributed by atoms with Gasteiger partial charge >= 0.3 is 0 Å². The van der Waals surface area contributed by atoms with Crippen molar-refractivity contribution in [2.45, 2.75) is 26.8 Å². The van der Waals surface area contributed by atoms with Crippen LogP contribution < -0.4 is 5.32 Å². The number of aryl methyl sites for hydroxylation is 2. The van der Waals surface area contributed by atoms with Crippen LogP contribution in [-0.4, -0.2) is 0 Å². The third kappa shape index (κ3) is 3.23. The molecule has 0 saturated carbocycles. The molecular formula is C16H17Cl2N. The first-order chi connectivity index (χ1) is 8.99. The summed E-state index contributed by atoms with van der Waals surface area (Å²) >= 11 is 12.4. The molecule has 0 aliphatic heterocycles. The highest BCUT2D eigenvalue weighted by Gasteiger charge is 2.12. The average Bonchev–Trinajstić information content (AvgIpc) is 2.33. The normalized spacial score (nSPS) is 12.3. The zero-order chi connectivity index (χ0) is 14.0. The van der Waals surface area contributed by atoms with Gasteiger partial charge in [-0.1, -0.05) is 53.0 Å². The molecule has 1 unspecified atom stereocenters. The fourth-order valence-corrected chi connectivity index (χ4v) is 2.75. The summed E-state index contributed by atoms with van der Waals surface area (Å²) in [6, 6.07) is 12.1. The maximum absolute atomic E-state index is 6.18. The van der Waals surface area contributed by atoms with Crippen molar-refractivity contribution in [2.24, 2.45) is 0 Å². The van der Waals surface area contributed by atoms with E-state index in [1.165, 1.54) is 16.7 Å². The fourth-order valence-electron chi connectivity index (χ4n) is 2.24. The molecule has 0 saturated heterocycles. The van der Waals surface area contributed by atoms with Gasteiger partial charge in [0.15, 0.2) is 0 Å². The Morgan fingerprint density at radius 1 is 1.00 bits per heavy atom. The fraction of sp³-hybridized carbons (Fsp3) is 0.250. The van der Waals surface area contributed by atoms with Crippen molar-refractivity contribution in [1.82, 2.24) is 0 Å². The predicted octanol–water partition coefficient (Wildman–Crippen LogP) is 5.78. The Kier molecular flexibility index (Phi) is 4.38. The molecular weight excluding hydrogens is 277 g/mol. The second-order valence-corrected chi connectivity index (χ2v) is 5.64. The maximum Gasteiger partial charge on any atom is 0.0723 e. The Morgan fingerprint density at radius 3 is 2.21 bits per heavy atom. The molecule has 1 atom stereocenters. The van der Waals surface area contributed by atoms with E-state index < -0.39 is 0 Å².